The lowest BCUT2D eigenvalue weighted by molar-refractivity contribution is -0.248. The molecule has 2 unspecified atom stereocenters. The predicted molar refractivity (Wildman–Crippen MR) is 83.2 cm³/mol. The first-order valence-electron chi connectivity index (χ1n) is 7.09. The molecule has 1 aliphatic rings. The third-order valence-electron chi connectivity index (χ3n) is 3.60. The topological polar surface area (TPSA) is 77.0 Å². The third-order valence-corrected chi connectivity index (χ3v) is 3.60. The summed E-state index contributed by atoms with van der Waals surface area (Å²) >= 11 is 0. The van der Waals surface area contributed by atoms with E-state index in [0.717, 1.165) is 22.4 Å². The third kappa shape index (κ3) is 3.11. The second-order valence-corrected chi connectivity index (χ2v) is 5.07. The second kappa shape index (κ2) is 6.43. The molecule has 116 valence electrons. The second-order valence-electron chi connectivity index (χ2n) is 5.07. The van der Waals surface area contributed by atoms with E-state index in [1.165, 1.54) is 5.06 Å². The van der Waals surface area contributed by atoms with Gasteiger partial charge in [-0.15, -0.1) is 5.06 Å². The van der Waals surface area contributed by atoms with Crippen molar-refractivity contribution in [3.63, 3.8) is 0 Å². The van der Waals surface area contributed by atoms with Crippen LogP contribution in [-0.2, 0) is 11.4 Å². The first kappa shape index (κ1) is 15.0. The van der Waals surface area contributed by atoms with Gasteiger partial charge in [0.05, 0.1) is 6.54 Å². The zero-order chi connectivity index (χ0) is 15.5. The van der Waals surface area contributed by atoms with Crippen molar-refractivity contribution in [3.05, 3.63) is 54.1 Å². The van der Waals surface area contributed by atoms with Gasteiger partial charge in [-0.1, -0.05) is 42.5 Å². The number of hydrogen-bond acceptors (Lipinski definition) is 6. The van der Waals surface area contributed by atoms with Gasteiger partial charge in [-0.3, -0.25) is 0 Å². The predicted octanol–water partition coefficient (Wildman–Crippen LogP) is 1.28. The van der Waals surface area contributed by atoms with Crippen LogP contribution in [0.5, 0.6) is 0 Å². The summed E-state index contributed by atoms with van der Waals surface area (Å²) in [4.78, 5) is 5.05. The van der Waals surface area contributed by atoms with Crippen molar-refractivity contribution < 1.29 is 15.1 Å². The summed E-state index contributed by atoms with van der Waals surface area (Å²) in [6, 6.07) is 16.1. The van der Waals surface area contributed by atoms with Crippen LogP contribution in [0.2, 0.25) is 0 Å². The maximum absolute atomic E-state index is 9.64. The van der Waals surface area contributed by atoms with Crippen LogP contribution in [0.3, 0.4) is 0 Å². The molecule has 22 heavy (non-hydrogen) atoms. The number of nitrogens with one attached hydrogen (secondary N) is 2. The van der Waals surface area contributed by atoms with Crippen molar-refractivity contribution in [1.29, 1.82) is 0 Å². The van der Waals surface area contributed by atoms with Crippen LogP contribution in [0.4, 0.5) is 5.69 Å². The lowest BCUT2D eigenvalue weighted by Gasteiger charge is -2.17. The smallest absolute Gasteiger partial charge is 0.235 e. The Morgan fingerprint density at radius 3 is 2.50 bits per heavy atom. The Labute approximate surface area is 128 Å². The number of hydrogen-bond donors (Lipinski definition) is 4. The summed E-state index contributed by atoms with van der Waals surface area (Å²) < 4.78 is 0. The molecular formula is C16H19N3O3. The highest BCUT2D eigenvalue weighted by Gasteiger charge is 2.29. The molecule has 0 aliphatic carbocycles. The maximum atomic E-state index is 9.64. The van der Waals surface area contributed by atoms with Gasteiger partial charge >= 0.3 is 0 Å². The van der Waals surface area contributed by atoms with E-state index < -0.39 is 12.8 Å². The number of aliphatic hydroxyl groups is 2. The Bertz CT molecular complexity index is 633. The largest absolute Gasteiger partial charge is 0.388 e. The van der Waals surface area contributed by atoms with E-state index in [1.54, 1.807) is 0 Å². The molecule has 0 radical (unpaired) electrons. The van der Waals surface area contributed by atoms with Crippen LogP contribution < -0.4 is 10.6 Å². The van der Waals surface area contributed by atoms with E-state index in [9.17, 15) is 10.2 Å². The van der Waals surface area contributed by atoms with E-state index in [4.69, 9.17) is 4.84 Å². The van der Waals surface area contributed by atoms with Crippen molar-refractivity contribution in [1.82, 2.24) is 10.4 Å². The number of benzene rings is 2. The fourth-order valence-electron chi connectivity index (χ4n) is 2.47. The molecule has 6 heteroatoms. The fourth-order valence-corrected chi connectivity index (χ4v) is 2.47. The number of rotatable bonds is 4. The summed E-state index contributed by atoms with van der Waals surface area (Å²) in [5, 5.41) is 25.8. The van der Waals surface area contributed by atoms with Crippen LogP contribution in [-0.4, -0.2) is 35.1 Å². The minimum Gasteiger partial charge on any atom is -0.388 e. The highest BCUT2D eigenvalue weighted by molar-refractivity contribution is 5.77. The van der Waals surface area contributed by atoms with Crippen LogP contribution in [0.25, 0.3) is 11.1 Å². The monoisotopic (exact) mass is 301 g/mol. The molecule has 2 atom stereocenters. The zero-order valence-corrected chi connectivity index (χ0v) is 12.2. The Morgan fingerprint density at radius 2 is 1.86 bits per heavy atom. The molecule has 0 aromatic heterocycles. The van der Waals surface area contributed by atoms with E-state index in [-0.39, 0.29) is 0 Å². The van der Waals surface area contributed by atoms with Gasteiger partial charge in [-0.25, -0.2) is 10.2 Å². The molecular weight excluding hydrogens is 282 g/mol. The minimum absolute atomic E-state index is 0.374. The standard InChI is InChI=1S/C16H19N3O3/c1-17-14-5-3-2-4-13(14)12-8-6-11(7-9-12)10-19-15(20)18-16(21)22-19/h2-9,15-18,20-21H,10H2,1H3. The van der Waals surface area contributed by atoms with Gasteiger partial charge in [-0.2, -0.15) is 0 Å². The van der Waals surface area contributed by atoms with Crippen LogP contribution in [0.1, 0.15) is 5.56 Å². The quantitative estimate of drug-likeness (QED) is 0.682. The summed E-state index contributed by atoms with van der Waals surface area (Å²) in [5.74, 6) is 0. The molecule has 0 saturated carbocycles. The molecule has 1 heterocycles. The molecule has 1 aliphatic heterocycles. The highest BCUT2D eigenvalue weighted by Crippen LogP contribution is 2.28. The number of aliphatic hydroxyl groups excluding tert-OH is 2. The molecule has 2 aromatic carbocycles. The number of nitrogens with zero attached hydrogens (tertiary/aromatic N) is 1. The molecule has 0 spiro atoms. The van der Waals surface area contributed by atoms with Gasteiger partial charge in [0.1, 0.15) is 0 Å². The van der Waals surface area contributed by atoms with Crippen LogP contribution in [0.15, 0.2) is 48.5 Å². The average molecular weight is 301 g/mol. The van der Waals surface area contributed by atoms with Crippen LogP contribution >= 0.6 is 0 Å². The molecule has 0 bridgehead atoms. The van der Waals surface area contributed by atoms with E-state index >= 15 is 0 Å². The first-order valence-corrected chi connectivity index (χ1v) is 7.09. The lowest BCUT2D eigenvalue weighted by atomic mass is 10.0. The molecule has 1 fully saturated rings. The molecule has 1 saturated heterocycles. The Kier molecular flexibility index (Phi) is 4.37. The van der Waals surface area contributed by atoms with Gasteiger partial charge < -0.3 is 15.5 Å². The van der Waals surface area contributed by atoms with E-state index in [0.29, 0.717) is 6.54 Å². The van der Waals surface area contributed by atoms with Crippen molar-refractivity contribution in [2.75, 3.05) is 12.4 Å². The van der Waals surface area contributed by atoms with E-state index in [2.05, 4.69) is 16.7 Å². The van der Waals surface area contributed by atoms with E-state index in [1.807, 2.05) is 49.5 Å². The fraction of sp³-hybridized carbons (Fsp3) is 0.250. The lowest BCUT2D eigenvalue weighted by Crippen LogP contribution is -2.35. The normalized spacial score (nSPS) is 22.0. The van der Waals surface area contributed by atoms with Crippen LogP contribution in [0, 0.1) is 0 Å². The van der Waals surface area contributed by atoms with Crippen molar-refractivity contribution in [2.24, 2.45) is 0 Å². The number of hydroxylamine groups is 2. The maximum Gasteiger partial charge on any atom is 0.235 e. The number of para-hydroxylation sites is 1. The van der Waals surface area contributed by atoms with Crippen molar-refractivity contribution >= 4 is 5.69 Å². The van der Waals surface area contributed by atoms with Gasteiger partial charge in [0.2, 0.25) is 6.41 Å². The SMILES string of the molecule is CNc1ccccc1-c1ccc(CN2OC(O)NC2O)cc1. The summed E-state index contributed by atoms with van der Waals surface area (Å²) in [7, 11) is 1.90. The Balaban J connectivity index is 1.75. The minimum atomic E-state index is -1.17. The molecule has 4 N–H and O–H groups in total. The zero-order valence-electron chi connectivity index (χ0n) is 12.2. The molecule has 0 amide bonds. The molecule has 6 nitrogen and oxygen atoms in total. The highest BCUT2D eigenvalue weighted by atomic mass is 16.8. The van der Waals surface area contributed by atoms with Gasteiger partial charge in [0, 0.05) is 18.3 Å². The summed E-state index contributed by atoms with van der Waals surface area (Å²) in [5.41, 5.74) is 4.28. The van der Waals surface area contributed by atoms with Gasteiger partial charge in [0.25, 0.3) is 0 Å². The first-order chi connectivity index (χ1) is 10.7. The Morgan fingerprint density at radius 1 is 1.14 bits per heavy atom. The number of anilines is 1. The molecule has 2 aromatic rings. The Hall–Kier alpha value is -1.96. The summed E-state index contributed by atoms with van der Waals surface area (Å²) in [6.45, 7) is 0.374. The van der Waals surface area contributed by atoms with Crippen molar-refractivity contribution in [3.8, 4) is 11.1 Å². The molecule has 3 rings (SSSR count). The average Bonchev–Trinajstić information content (AvgIpc) is 2.85. The van der Waals surface area contributed by atoms with Crippen molar-refractivity contribution in [2.45, 2.75) is 19.3 Å². The van der Waals surface area contributed by atoms with Gasteiger partial charge in [0.15, 0.2) is 6.35 Å². The summed E-state index contributed by atoms with van der Waals surface area (Å²) in [6.07, 6.45) is -2.18. The van der Waals surface area contributed by atoms with Gasteiger partial charge in [-0.05, 0) is 17.2 Å².